The molecule has 0 spiro atoms. The molecule has 0 radical (unpaired) electrons. The third kappa shape index (κ3) is 4.42. The van der Waals surface area contributed by atoms with Crippen LogP contribution in [0.2, 0.25) is 0 Å². The SMILES string of the molecule is CCC(CC)C(=O)N(Br)C(=O)NC(C)=O. The van der Waals surface area contributed by atoms with Gasteiger partial charge in [0.2, 0.25) is 11.8 Å². The zero-order valence-electron chi connectivity index (χ0n) is 9.04. The van der Waals surface area contributed by atoms with Crippen LogP contribution in [-0.2, 0) is 9.59 Å². The van der Waals surface area contributed by atoms with Gasteiger partial charge in [-0.15, -0.1) is 0 Å². The topological polar surface area (TPSA) is 66.5 Å². The van der Waals surface area contributed by atoms with Gasteiger partial charge in [-0.05, 0) is 12.8 Å². The van der Waals surface area contributed by atoms with E-state index in [0.29, 0.717) is 12.8 Å². The lowest BCUT2D eigenvalue weighted by Crippen LogP contribution is -2.41. The van der Waals surface area contributed by atoms with E-state index in [0.717, 1.165) is 3.93 Å². The Bertz CT molecular complexity index is 264. The normalized spacial score (nSPS) is 9.93. The maximum atomic E-state index is 11.6. The Morgan fingerprint density at radius 1 is 1.27 bits per heavy atom. The van der Waals surface area contributed by atoms with Crippen molar-refractivity contribution in [2.45, 2.75) is 33.6 Å². The third-order valence-corrected chi connectivity index (χ3v) is 2.66. The molecule has 15 heavy (non-hydrogen) atoms. The highest BCUT2D eigenvalue weighted by molar-refractivity contribution is 9.08. The Morgan fingerprint density at radius 2 is 1.73 bits per heavy atom. The van der Waals surface area contributed by atoms with Gasteiger partial charge in [0.25, 0.3) is 0 Å². The monoisotopic (exact) mass is 278 g/mol. The van der Waals surface area contributed by atoms with Crippen LogP contribution in [0, 0.1) is 5.92 Å². The second-order valence-electron chi connectivity index (χ2n) is 3.12. The van der Waals surface area contributed by atoms with Crippen molar-refractivity contribution in [2.24, 2.45) is 5.92 Å². The maximum absolute atomic E-state index is 11.6. The number of amides is 4. The van der Waals surface area contributed by atoms with Crippen molar-refractivity contribution in [1.82, 2.24) is 9.24 Å². The number of nitrogens with zero attached hydrogens (tertiary/aromatic N) is 1. The fourth-order valence-corrected chi connectivity index (χ4v) is 1.48. The summed E-state index contributed by atoms with van der Waals surface area (Å²) in [6.45, 7) is 4.95. The molecule has 0 aromatic heterocycles. The summed E-state index contributed by atoms with van der Waals surface area (Å²) in [4.78, 5) is 33.5. The van der Waals surface area contributed by atoms with E-state index in [4.69, 9.17) is 0 Å². The fourth-order valence-electron chi connectivity index (χ4n) is 1.10. The van der Waals surface area contributed by atoms with E-state index in [-0.39, 0.29) is 11.8 Å². The number of rotatable bonds is 3. The van der Waals surface area contributed by atoms with Crippen LogP contribution in [0.5, 0.6) is 0 Å². The van der Waals surface area contributed by atoms with Crippen LogP contribution in [0.15, 0.2) is 0 Å². The van der Waals surface area contributed by atoms with E-state index in [1.54, 1.807) is 0 Å². The lowest BCUT2D eigenvalue weighted by Gasteiger charge is -2.17. The molecule has 0 heterocycles. The molecule has 0 fully saturated rings. The summed E-state index contributed by atoms with van der Waals surface area (Å²) in [7, 11) is 0. The highest BCUT2D eigenvalue weighted by Crippen LogP contribution is 2.14. The molecule has 0 aliphatic carbocycles. The van der Waals surface area contributed by atoms with Crippen molar-refractivity contribution in [2.75, 3.05) is 0 Å². The standard InChI is InChI=1S/C9H15BrN2O3/c1-4-7(5-2)8(14)12(10)9(15)11-6(3)13/h7H,4-5H2,1-3H3,(H,11,13,15). The van der Waals surface area contributed by atoms with Gasteiger partial charge in [0.1, 0.15) is 0 Å². The molecule has 0 bridgehead atoms. The van der Waals surface area contributed by atoms with Crippen LogP contribution in [0.1, 0.15) is 33.6 Å². The van der Waals surface area contributed by atoms with Crippen molar-refractivity contribution < 1.29 is 14.4 Å². The van der Waals surface area contributed by atoms with Crippen molar-refractivity contribution >= 4 is 34.0 Å². The summed E-state index contributed by atoms with van der Waals surface area (Å²) < 4.78 is 0.770. The summed E-state index contributed by atoms with van der Waals surface area (Å²) in [5.41, 5.74) is 0. The zero-order valence-corrected chi connectivity index (χ0v) is 10.6. The first-order valence-electron chi connectivity index (χ1n) is 4.75. The fraction of sp³-hybridized carbons (Fsp3) is 0.667. The Morgan fingerprint density at radius 3 is 2.07 bits per heavy atom. The minimum atomic E-state index is -0.751. The van der Waals surface area contributed by atoms with Crippen LogP contribution in [0.3, 0.4) is 0 Å². The molecular weight excluding hydrogens is 264 g/mol. The Kier molecular flexibility index (Phi) is 6.15. The van der Waals surface area contributed by atoms with Gasteiger partial charge in [0.05, 0.1) is 16.1 Å². The molecule has 0 rings (SSSR count). The maximum Gasteiger partial charge on any atom is 0.341 e. The minimum absolute atomic E-state index is 0.206. The highest BCUT2D eigenvalue weighted by atomic mass is 79.9. The molecule has 0 aromatic carbocycles. The van der Waals surface area contributed by atoms with E-state index in [1.807, 2.05) is 19.2 Å². The van der Waals surface area contributed by atoms with Gasteiger partial charge in [-0.3, -0.25) is 14.9 Å². The summed E-state index contributed by atoms with van der Waals surface area (Å²) >= 11 is 2.84. The average Bonchev–Trinajstić information content (AvgIpc) is 2.17. The smallest absolute Gasteiger partial charge is 0.277 e. The highest BCUT2D eigenvalue weighted by Gasteiger charge is 2.25. The number of halogens is 1. The molecule has 0 saturated carbocycles. The van der Waals surface area contributed by atoms with Crippen molar-refractivity contribution in [3.63, 3.8) is 0 Å². The van der Waals surface area contributed by atoms with Crippen LogP contribution < -0.4 is 5.32 Å². The number of carbonyl (C=O) groups is 3. The van der Waals surface area contributed by atoms with Gasteiger partial charge in [-0.25, -0.2) is 4.79 Å². The molecule has 0 unspecified atom stereocenters. The Labute approximate surface area is 97.5 Å². The second-order valence-corrected chi connectivity index (χ2v) is 3.83. The molecule has 4 amide bonds. The predicted molar refractivity (Wildman–Crippen MR) is 59.1 cm³/mol. The minimum Gasteiger partial charge on any atom is -0.277 e. The molecule has 0 aliphatic rings. The number of carbonyl (C=O) groups excluding carboxylic acids is 3. The summed E-state index contributed by atoms with van der Waals surface area (Å²) in [5, 5.41) is 2.01. The van der Waals surface area contributed by atoms with E-state index in [2.05, 4.69) is 16.1 Å². The number of hydrogen-bond donors (Lipinski definition) is 1. The van der Waals surface area contributed by atoms with Crippen LogP contribution in [-0.4, -0.2) is 21.8 Å². The van der Waals surface area contributed by atoms with Gasteiger partial charge in [-0.1, -0.05) is 13.8 Å². The summed E-state index contributed by atoms with van der Waals surface area (Å²) in [6, 6.07) is -0.751. The first kappa shape index (κ1) is 14.1. The van der Waals surface area contributed by atoms with Crippen molar-refractivity contribution in [1.29, 1.82) is 0 Å². The first-order chi connectivity index (χ1) is 6.93. The van der Waals surface area contributed by atoms with Gasteiger partial charge in [0.15, 0.2) is 0 Å². The van der Waals surface area contributed by atoms with Gasteiger partial charge < -0.3 is 0 Å². The third-order valence-electron chi connectivity index (χ3n) is 1.99. The average molecular weight is 279 g/mol. The molecule has 0 aliphatic heterocycles. The molecule has 6 heteroatoms. The van der Waals surface area contributed by atoms with Gasteiger partial charge in [-0.2, -0.15) is 3.93 Å². The predicted octanol–water partition coefficient (Wildman–Crippen LogP) is 1.82. The first-order valence-corrected chi connectivity index (χ1v) is 5.46. The number of imide groups is 2. The van der Waals surface area contributed by atoms with Gasteiger partial charge in [0, 0.05) is 12.8 Å². The quantitative estimate of drug-likeness (QED) is 0.801. The van der Waals surface area contributed by atoms with E-state index in [1.165, 1.54) is 6.92 Å². The van der Waals surface area contributed by atoms with E-state index < -0.39 is 11.9 Å². The largest absolute Gasteiger partial charge is 0.341 e. The molecule has 1 N–H and O–H groups in total. The molecule has 86 valence electrons. The van der Waals surface area contributed by atoms with E-state index >= 15 is 0 Å². The lowest BCUT2D eigenvalue weighted by molar-refractivity contribution is -0.128. The number of hydrogen-bond acceptors (Lipinski definition) is 3. The molecule has 0 atom stereocenters. The summed E-state index contributed by atoms with van der Waals surface area (Å²) in [6.07, 6.45) is 1.32. The number of urea groups is 1. The Hall–Kier alpha value is -0.910. The van der Waals surface area contributed by atoms with Crippen molar-refractivity contribution in [3.05, 3.63) is 0 Å². The van der Waals surface area contributed by atoms with Gasteiger partial charge >= 0.3 is 6.03 Å². The van der Waals surface area contributed by atoms with Crippen LogP contribution >= 0.6 is 16.1 Å². The lowest BCUT2D eigenvalue weighted by atomic mass is 10.0. The Balaban J connectivity index is 4.42. The molecule has 5 nitrogen and oxygen atoms in total. The van der Waals surface area contributed by atoms with Crippen LogP contribution in [0.25, 0.3) is 0 Å². The zero-order chi connectivity index (χ0) is 12.0. The molecule has 0 aromatic rings. The molecular formula is C9H15BrN2O3. The van der Waals surface area contributed by atoms with Crippen LogP contribution in [0.4, 0.5) is 4.79 Å². The second kappa shape index (κ2) is 6.55. The summed E-state index contributed by atoms with van der Waals surface area (Å²) in [5.74, 6) is -1.04. The van der Waals surface area contributed by atoms with E-state index in [9.17, 15) is 14.4 Å². The number of nitrogens with one attached hydrogen (secondary N) is 1. The molecule has 0 saturated heterocycles. The van der Waals surface area contributed by atoms with Crippen molar-refractivity contribution in [3.8, 4) is 0 Å².